The lowest BCUT2D eigenvalue weighted by atomic mass is 10.1. The van der Waals surface area contributed by atoms with Crippen molar-refractivity contribution in [1.29, 1.82) is 0 Å². The number of likely N-dealkylation sites (N-methyl/N-ethyl adjacent to an activating group) is 1. The maximum atomic E-state index is 12.4. The number of methoxy groups -OCH3 is 1. The quantitative estimate of drug-likeness (QED) is 0.481. The van der Waals surface area contributed by atoms with Crippen LogP contribution in [0.25, 0.3) is 0 Å². The van der Waals surface area contributed by atoms with Gasteiger partial charge in [0.05, 0.1) is 25.2 Å². The molecule has 0 saturated heterocycles. The van der Waals surface area contributed by atoms with Crippen molar-refractivity contribution in [2.24, 2.45) is 0 Å². The maximum absolute atomic E-state index is 12.4. The highest BCUT2D eigenvalue weighted by molar-refractivity contribution is 5.92. The summed E-state index contributed by atoms with van der Waals surface area (Å²) < 4.78 is 10.9. The highest BCUT2D eigenvalue weighted by Crippen LogP contribution is 2.28. The molecular weight excluding hydrogens is 374 g/mol. The molecule has 8 heteroatoms. The van der Waals surface area contributed by atoms with Crippen LogP contribution in [0.1, 0.15) is 25.0 Å². The van der Waals surface area contributed by atoms with E-state index in [2.05, 4.69) is 5.32 Å². The van der Waals surface area contributed by atoms with Crippen molar-refractivity contribution < 1.29 is 19.2 Å². The lowest BCUT2D eigenvalue weighted by molar-refractivity contribution is -0.385. The normalized spacial score (nSPS) is 10.7. The maximum Gasteiger partial charge on any atom is 0.274 e. The Labute approximate surface area is 170 Å². The van der Waals surface area contributed by atoms with Gasteiger partial charge in [-0.2, -0.15) is 0 Å². The Hall–Kier alpha value is -3.13. The van der Waals surface area contributed by atoms with Crippen molar-refractivity contribution >= 4 is 17.3 Å². The molecule has 1 amide bonds. The van der Waals surface area contributed by atoms with E-state index < -0.39 is 4.92 Å². The lowest BCUT2D eigenvalue weighted by Gasteiger charge is -2.21. The molecule has 0 aliphatic heterocycles. The van der Waals surface area contributed by atoms with E-state index >= 15 is 0 Å². The van der Waals surface area contributed by atoms with Gasteiger partial charge >= 0.3 is 0 Å². The summed E-state index contributed by atoms with van der Waals surface area (Å²) in [6, 6.07) is 10.4. The smallest absolute Gasteiger partial charge is 0.274 e. The number of amides is 1. The van der Waals surface area contributed by atoms with Gasteiger partial charge in [-0.1, -0.05) is 19.1 Å². The third kappa shape index (κ3) is 6.18. The van der Waals surface area contributed by atoms with Crippen molar-refractivity contribution in [2.75, 3.05) is 32.1 Å². The molecule has 1 N–H and O–H groups in total. The van der Waals surface area contributed by atoms with E-state index in [1.54, 1.807) is 26.2 Å². The Morgan fingerprint density at radius 2 is 1.93 bits per heavy atom. The van der Waals surface area contributed by atoms with Crippen LogP contribution in [0.4, 0.5) is 11.4 Å². The molecule has 0 spiro atoms. The lowest BCUT2D eigenvalue weighted by Crippen LogP contribution is -2.32. The number of rotatable bonds is 10. The van der Waals surface area contributed by atoms with Gasteiger partial charge in [-0.25, -0.2) is 0 Å². The number of hydrogen-bond donors (Lipinski definition) is 1. The zero-order valence-corrected chi connectivity index (χ0v) is 17.2. The Balaban J connectivity index is 2.03. The molecule has 29 heavy (non-hydrogen) atoms. The number of nitro benzene ring substituents is 1. The first-order chi connectivity index (χ1) is 13.9. The Morgan fingerprint density at radius 3 is 2.55 bits per heavy atom. The summed E-state index contributed by atoms with van der Waals surface area (Å²) in [7, 11) is 1.59. The standard InChI is InChI=1S/C21H27N3O5/c1-5-23(13-16-8-10-19(29-6-2)20(11-16)28-4)14-21(25)22-17-9-7-15(3)18(12-17)24(26)27/h7-12H,5-6,13-14H2,1-4H3,(H,22,25). The number of ether oxygens (including phenoxy) is 2. The van der Waals surface area contributed by atoms with Crippen molar-refractivity contribution in [1.82, 2.24) is 4.90 Å². The third-order valence-corrected chi connectivity index (χ3v) is 4.44. The fraction of sp³-hybridized carbons (Fsp3) is 0.381. The zero-order valence-electron chi connectivity index (χ0n) is 17.2. The fourth-order valence-electron chi connectivity index (χ4n) is 2.91. The topological polar surface area (TPSA) is 93.9 Å². The van der Waals surface area contributed by atoms with E-state index in [-0.39, 0.29) is 18.1 Å². The van der Waals surface area contributed by atoms with Crippen LogP contribution >= 0.6 is 0 Å². The summed E-state index contributed by atoms with van der Waals surface area (Å²) in [6.07, 6.45) is 0. The first-order valence-electron chi connectivity index (χ1n) is 9.44. The summed E-state index contributed by atoms with van der Waals surface area (Å²) in [5.41, 5.74) is 1.93. The van der Waals surface area contributed by atoms with Crippen LogP contribution in [0.15, 0.2) is 36.4 Å². The van der Waals surface area contributed by atoms with Crippen LogP contribution in [0.3, 0.4) is 0 Å². The summed E-state index contributed by atoms with van der Waals surface area (Å²) in [6.45, 7) is 7.47. The van der Waals surface area contributed by atoms with Crippen LogP contribution in [0.5, 0.6) is 11.5 Å². The van der Waals surface area contributed by atoms with Crippen LogP contribution in [-0.2, 0) is 11.3 Å². The third-order valence-electron chi connectivity index (χ3n) is 4.44. The van der Waals surface area contributed by atoms with Crippen LogP contribution in [0.2, 0.25) is 0 Å². The molecule has 2 aromatic rings. The van der Waals surface area contributed by atoms with Crippen LogP contribution < -0.4 is 14.8 Å². The van der Waals surface area contributed by atoms with Crippen molar-refractivity contribution in [2.45, 2.75) is 27.3 Å². The monoisotopic (exact) mass is 401 g/mol. The Morgan fingerprint density at radius 1 is 1.17 bits per heavy atom. The molecule has 2 rings (SSSR count). The second-order valence-corrected chi connectivity index (χ2v) is 6.53. The van der Waals surface area contributed by atoms with Crippen LogP contribution in [0, 0.1) is 17.0 Å². The summed E-state index contributed by atoms with van der Waals surface area (Å²) in [5, 5.41) is 13.8. The highest BCUT2D eigenvalue weighted by Gasteiger charge is 2.15. The molecule has 0 aliphatic carbocycles. The van der Waals surface area contributed by atoms with E-state index in [0.29, 0.717) is 42.4 Å². The second kappa shape index (κ2) is 10.4. The fourth-order valence-corrected chi connectivity index (χ4v) is 2.91. The van der Waals surface area contributed by atoms with Crippen molar-refractivity contribution in [3.8, 4) is 11.5 Å². The van der Waals surface area contributed by atoms with Gasteiger partial charge in [0, 0.05) is 23.9 Å². The van der Waals surface area contributed by atoms with Crippen molar-refractivity contribution in [3.05, 3.63) is 57.6 Å². The van der Waals surface area contributed by atoms with Gasteiger partial charge in [0.1, 0.15) is 0 Å². The predicted octanol–water partition coefficient (Wildman–Crippen LogP) is 3.77. The van der Waals surface area contributed by atoms with Gasteiger partial charge in [0.2, 0.25) is 5.91 Å². The molecule has 0 aromatic heterocycles. The van der Waals surface area contributed by atoms with Gasteiger partial charge in [-0.3, -0.25) is 19.8 Å². The minimum absolute atomic E-state index is 0.0170. The summed E-state index contributed by atoms with van der Waals surface area (Å²) in [5.74, 6) is 1.10. The molecule has 0 unspecified atom stereocenters. The molecule has 0 heterocycles. The number of carbonyl (C=O) groups excluding carboxylic acids is 1. The number of hydrogen-bond acceptors (Lipinski definition) is 6. The average Bonchev–Trinajstić information content (AvgIpc) is 2.69. The van der Waals surface area contributed by atoms with Crippen molar-refractivity contribution in [3.63, 3.8) is 0 Å². The molecule has 0 saturated carbocycles. The minimum atomic E-state index is -0.456. The van der Waals surface area contributed by atoms with Gasteiger partial charge in [-0.15, -0.1) is 0 Å². The average molecular weight is 401 g/mol. The first-order valence-corrected chi connectivity index (χ1v) is 9.44. The molecular formula is C21H27N3O5. The van der Waals surface area contributed by atoms with Gasteiger partial charge in [-0.05, 0) is 44.2 Å². The van der Waals surface area contributed by atoms with Gasteiger partial charge < -0.3 is 14.8 Å². The minimum Gasteiger partial charge on any atom is -0.493 e. The number of benzene rings is 2. The zero-order chi connectivity index (χ0) is 21.4. The number of aryl methyl sites for hydroxylation is 1. The number of carbonyl (C=O) groups is 1. The molecule has 0 bridgehead atoms. The molecule has 2 aromatic carbocycles. The number of anilines is 1. The van der Waals surface area contributed by atoms with E-state index in [1.807, 2.05) is 36.9 Å². The second-order valence-electron chi connectivity index (χ2n) is 6.53. The molecule has 8 nitrogen and oxygen atoms in total. The molecule has 156 valence electrons. The Bertz CT molecular complexity index is 869. The molecule has 0 atom stereocenters. The van der Waals surface area contributed by atoms with Gasteiger partial charge in [0.25, 0.3) is 5.69 Å². The number of nitrogens with zero attached hydrogens (tertiary/aromatic N) is 2. The molecule has 0 fully saturated rings. The van der Waals surface area contributed by atoms with E-state index in [1.165, 1.54) is 6.07 Å². The largest absolute Gasteiger partial charge is 0.493 e. The first kappa shape index (κ1) is 22.2. The van der Waals surface area contributed by atoms with E-state index in [0.717, 1.165) is 5.56 Å². The SMILES string of the molecule is CCOc1ccc(CN(CC)CC(=O)Nc2ccc(C)c([N+](=O)[O-])c2)cc1OC. The highest BCUT2D eigenvalue weighted by atomic mass is 16.6. The Kier molecular flexibility index (Phi) is 7.97. The van der Waals surface area contributed by atoms with Crippen LogP contribution in [-0.4, -0.2) is 42.5 Å². The number of nitrogens with one attached hydrogen (secondary N) is 1. The molecule has 0 radical (unpaired) electrons. The predicted molar refractivity (Wildman–Crippen MR) is 112 cm³/mol. The molecule has 0 aliphatic rings. The van der Waals surface area contributed by atoms with E-state index in [4.69, 9.17) is 9.47 Å². The van der Waals surface area contributed by atoms with Gasteiger partial charge in [0.15, 0.2) is 11.5 Å². The summed E-state index contributed by atoms with van der Waals surface area (Å²) in [4.78, 5) is 25.0. The number of nitro groups is 1. The summed E-state index contributed by atoms with van der Waals surface area (Å²) >= 11 is 0. The van der Waals surface area contributed by atoms with E-state index in [9.17, 15) is 14.9 Å².